The summed E-state index contributed by atoms with van der Waals surface area (Å²) in [6.07, 6.45) is 1.88. The number of carbonyl (C=O) groups excluding carboxylic acids is 1. The summed E-state index contributed by atoms with van der Waals surface area (Å²) in [4.78, 5) is 13.2. The molecule has 0 aromatic carbocycles. The Morgan fingerprint density at radius 3 is 2.80 bits per heavy atom. The molecule has 1 heterocycles. The van der Waals surface area contributed by atoms with Gasteiger partial charge >= 0.3 is 0 Å². The van der Waals surface area contributed by atoms with Crippen molar-refractivity contribution >= 4 is 17.7 Å². The Hall–Kier alpha value is -0.940. The first-order valence-electron chi connectivity index (χ1n) is 4.62. The number of furan rings is 1. The second kappa shape index (κ2) is 5.23. The molecule has 1 atom stereocenters. The van der Waals surface area contributed by atoms with Crippen molar-refractivity contribution in [1.29, 1.82) is 0 Å². The molecule has 1 aromatic heterocycles. The van der Waals surface area contributed by atoms with Crippen LogP contribution in [0.25, 0.3) is 0 Å². The van der Waals surface area contributed by atoms with Gasteiger partial charge in [-0.05, 0) is 25.3 Å². The quantitative estimate of drug-likeness (QED) is 0.794. The van der Waals surface area contributed by atoms with Gasteiger partial charge in [0.15, 0.2) is 10.9 Å². The van der Waals surface area contributed by atoms with Crippen molar-refractivity contribution in [2.24, 2.45) is 0 Å². The number of rotatable bonds is 4. The van der Waals surface area contributed by atoms with Crippen LogP contribution in [0.3, 0.4) is 0 Å². The third kappa shape index (κ3) is 2.76. The SMILES string of the molecule is CSc1ccc(C(=O)N(C)C(C)CO)o1. The first-order chi connectivity index (χ1) is 7.10. The Morgan fingerprint density at radius 2 is 2.33 bits per heavy atom. The topological polar surface area (TPSA) is 53.7 Å². The molecule has 0 saturated heterocycles. The second-order valence-corrected chi connectivity index (χ2v) is 4.08. The third-order valence-electron chi connectivity index (χ3n) is 2.24. The van der Waals surface area contributed by atoms with Crippen LogP contribution < -0.4 is 0 Å². The monoisotopic (exact) mass is 229 g/mol. The normalized spacial score (nSPS) is 12.5. The summed E-state index contributed by atoms with van der Waals surface area (Å²) in [7, 11) is 1.64. The zero-order valence-electron chi connectivity index (χ0n) is 9.06. The lowest BCUT2D eigenvalue weighted by atomic mass is 10.3. The first-order valence-corrected chi connectivity index (χ1v) is 5.84. The van der Waals surface area contributed by atoms with E-state index in [0.29, 0.717) is 10.9 Å². The number of aliphatic hydroxyl groups excluding tert-OH is 1. The Kier molecular flexibility index (Phi) is 4.23. The maximum atomic E-state index is 11.8. The first kappa shape index (κ1) is 12.1. The molecule has 0 spiro atoms. The highest BCUT2D eigenvalue weighted by Gasteiger charge is 2.19. The molecule has 84 valence electrons. The highest BCUT2D eigenvalue weighted by molar-refractivity contribution is 7.98. The van der Waals surface area contributed by atoms with Gasteiger partial charge in [-0.3, -0.25) is 4.79 Å². The smallest absolute Gasteiger partial charge is 0.289 e. The molecular formula is C10H15NO3S. The van der Waals surface area contributed by atoms with Crippen LogP contribution in [-0.2, 0) is 0 Å². The number of likely N-dealkylation sites (N-methyl/N-ethyl adjacent to an activating group) is 1. The van der Waals surface area contributed by atoms with E-state index in [4.69, 9.17) is 9.52 Å². The maximum absolute atomic E-state index is 11.8. The summed E-state index contributed by atoms with van der Waals surface area (Å²) < 4.78 is 5.30. The Morgan fingerprint density at radius 1 is 1.67 bits per heavy atom. The van der Waals surface area contributed by atoms with E-state index in [-0.39, 0.29) is 18.6 Å². The molecule has 0 fully saturated rings. The molecule has 0 aliphatic heterocycles. The standard InChI is InChI=1S/C10H15NO3S/c1-7(6-12)11(2)10(13)8-4-5-9(14-8)15-3/h4-5,7,12H,6H2,1-3H3. The second-order valence-electron chi connectivity index (χ2n) is 3.27. The van der Waals surface area contributed by atoms with Gasteiger partial charge in [0.1, 0.15) is 0 Å². The van der Waals surface area contributed by atoms with E-state index < -0.39 is 0 Å². The molecule has 1 unspecified atom stereocenters. The number of amides is 1. The van der Waals surface area contributed by atoms with Gasteiger partial charge in [0.25, 0.3) is 5.91 Å². The van der Waals surface area contributed by atoms with Crippen LogP contribution in [0.5, 0.6) is 0 Å². The number of thioether (sulfide) groups is 1. The Bertz CT molecular complexity index is 337. The molecule has 0 bridgehead atoms. The summed E-state index contributed by atoms with van der Waals surface area (Å²) in [5.74, 6) is 0.0963. The third-order valence-corrected chi connectivity index (χ3v) is 2.86. The molecule has 0 saturated carbocycles. The van der Waals surface area contributed by atoms with Crippen LogP contribution in [0.15, 0.2) is 21.6 Å². The molecule has 4 nitrogen and oxygen atoms in total. The molecular weight excluding hydrogens is 214 g/mol. The fourth-order valence-corrected chi connectivity index (χ4v) is 1.42. The lowest BCUT2D eigenvalue weighted by molar-refractivity contribution is 0.0645. The van der Waals surface area contributed by atoms with E-state index in [1.54, 1.807) is 26.1 Å². The van der Waals surface area contributed by atoms with Crippen molar-refractivity contribution < 1.29 is 14.3 Å². The van der Waals surface area contributed by atoms with Crippen LogP contribution in [0.2, 0.25) is 0 Å². The molecule has 0 aliphatic rings. The number of hydrogen-bond donors (Lipinski definition) is 1. The van der Waals surface area contributed by atoms with Gasteiger partial charge in [-0.15, -0.1) is 0 Å². The van der Waals surface area contributed by atoms with Crippen molar-refractivity contribution in [2.45, 2.75) is 18.1 Å². The maximum Gasteiger partial charge on any atom is 0.289 e. The summed E-state index contributed by atoms with van der Waals surface area (Å²) in [5.41, 5.74) is 0. The van der Waals surface area contributed by atoms with Gasteiger partial charge in [0.05, 0.1) is 12.6 Å². The van der Waals surface area contributed by atoms with E-state index in [1.165, 1.54) is 16.7 Å². The summed E-state index contributed by atoms with van der Waals surface area (Å²) >= 11 is 1.45. The molecule has 1 rings (SSSR count). The highest BCUT2D eigenvalue weighted by atomic mass is 32.2. The van der Waals surface area contributed by atoms with E-state index in [0.717, 1.165) is 0 Å². The summed E-state index contributed by atoms with van der Waals surface area (Å²) in [6.45, 7) is 1.72. The van der Waals surface area contributed by atoms with Gasteiger partial charge < -0.3 is 14.4 Å². The largest absolute Gasteiger partial charge is 0.445 e. The number of aliphatic hydroxyl groups is 1. The molecule has 1 aromatic rings. The van der Waals surface area contributed by atoms with Gasteiger partial charge in [-0.25, -0.2) is 0 Å². The number of hydrogen-bond acceptors (Lipinski definition) is 4. The zero-order valence-corrected chi connectivity index (χ0v) is 9.87. The Balaban J connectivity index is 2.75. The van der Waals surface area contributed by atoms with Crippen molar-refractivity contribution in [3.8, 4) is 0 Å². The van der Waals surface area contributed by atoms with Crippen molar-refractivity contribution in [3.63, 3.8) is 0 Å². The summed E-state index contributed by atoms with van der Waals surface area (Å²) in [6, 6.07) is 3.20. The fraction of sp³-hybridized carbons (Fsp3) is 0.500. The van der Waals surface area contributed by atoms with E-state index in [1.807, 2.05) is 6.26 Å². The predicted molar refractivity (Wildman–Crippen MR) is 59.1 cm³/mol. The van der Waals surface area contributed by atoms with Crippen LogP contribution in [0.4, 0.5) is 0 Å². The highest BCUT2D eigenvalue weighted by Crippen LogP contribution is 2.19. The average Bonchev–Trinajstić information content (AvgIpc) is 2.74. The van der Waals surface area contributed by atoms with Crippen LogP contribution in [0.1, 0.15) is 17.5 Å². The van der Waals surface area contributed by atoms with Crippen molar-refractivity contribution in [2.75, 3.05) is 19.9 Å². The van der Waals surface area contributed by atoms with Crippen LogP contribution in [-0.4, -0.2) is 41.9 Å². The zero-order chi connectivity index (χ0) is 11.4. The molecule has 0 radical (unpaired) electrons. The molecule has 1 amide bonds. The lowest BCUT2D eigenvalue weighted by Crippen LogP contribution is -2.37. The summed E-state index contributed by atoms with van der Waals surface area (Å²) in [5, 5.41) is 9.64. The van der Waals surface area contributed by atoms with Crippen LogP contribution >= 0.6 is 11.8 Å². The molecule has 1 N–H and O–H groups in total. The molecule has 15 heavy (non-hydrogen) atoms. The van der Waals surface area contributed by atoms with Gasteiger partial charge in [0, 0.05) is 7.05 Å². The Labute approximate surface area is 93.3 Å². The van der Waals surface area contributed by atoms with Gasteiger partial charge in [-0.2, -0.15) is 0 Å². The minimum Gasteiger partial charge on any atom is -0.445 e. The van der Waals surface area contributed by atoms with Crippen molar-refractivity contribution in [1.82, 2.24) is 4.90 Å². The molecule has 0 aliphatic carbocycles. The van der Waals surface area contributed by atoms with E-state index in [2.05, 4.69) is 0 Å². The van der Waals surface area contributed by atoms with Crippen molar-refractivity contribution in [3.05, 3.63) is 17.9 Å². The lowest BCUT2D eigenvalue weighted by Gasteiger charge is -2.21. The number of nitrogens with zero attached hydrogens (tertiary/aromatic N) is 1. The minimum absolute atomic E-state index is 0.0572. The average molecular weight is 229 g/mol. The van der Waals surface area contributed by atoms with Gasteiger partial charge in [-0.1, -0.05) is 11.8 Å². The van der Waals surface area contributed by atoms with Gasteiger partial charge in [0.2, 0.25) is 0 Å². The fourth-order valence-electron chi connectivity index (χ4n) is 1.04. The van der Waals surface area contributed by atoms with E-state index in [9.17, 15) is 4.79 Å². The number of carbonyl (C=O) groups is 1. The predicted octanol–water partition coefficient (Wildman–Crippen LogP) is 1.45. The van der Waals surface area contributed by atoms with E-state index >= 15 is 0 Å². The minimum atomic E-state index is -0.211. The van der Waals surface area contributed by atoms with Crippen LogP contribution in [0, 0.1) is 0 Å². The molecule has 5 heteroatoms.